The molecule has 0 N–H and O–H groups in total. The Hall–Kier alpha value is -2.17. The quantitative estimate of drug-likeness (QED) is 0.777. The lowest BCUT2D eigenvalue weighted by atomic mass is 9.98. The van der Waals surface area contributed by atoms with Gasteiger partial charge in [0.15, 0.2) is 0 Å². The number of rotatable bonds is 2. The summed E-state index contributed by atoms with van der Waals surface area (Å²) in [4.78, 5) is 28.9. The van der Waals surface area contributed by atoms with E-state index in [1.165, 1.54) is 16.0 Å². The molecule has 2 aromatic rings. The molecule has 2 heterocycles. The van der Waals surface area contributed by atoms with E-state index in [1.807, 2.05) is 25.1 Å². The number of nitrogens with zero attached hydrogens (tertiary/aromatic N) is 2. The lowest BCUT2D eigenvalue weighted by molar-refractivity contribution is -0.123. The Balaban J connectivity index is 1.58. The zero-order valence-corrected chi connectivity index (χ0v) is 14.8. The third-order valence-corrected chi connectivity index (χ3v) is 5.54. The SMILES string of the molecule is Cc1ccc(N2C(=O)CC(N3CCc4ccccc4C3)C2=O)cc1Cl. The normalized spacial score (nSPS) is 20.9. The maximum atomic E-state index is 12.9. The van der Waals surface area contributed by atoms with Crippen LogP contribution in [0.2, 0.25) is 5.02 Å². The molecule has 0 spiro atoms. The van der Waals surface area contributed by atoms with E-state index in [1.54, 1.807) is 12.1 Å². The lowest BCUT2D eigenvalue weighted by Crippen LogP contribution is -2.44. The smallest absolute Gasteiger partial charge is 0.251 e. The van der Waals surface area contributed by atoms with Crippen molar-refractivity contribution >= 4 is 29.1 Å². The van der Waals surface area contributed by atoms with E-state index in [4.69, 9.17) is 11.6 Å². The van der Waals surface area contributed by atoms with Gasteiger partial charge >= 0.3 is 0 Å². The molecule has 4 nitrogen and oxygen atoms in total. The van der Waals surface area contributed by atoms with Crippen LogP contribution in [-0.4, -0.2) is 29.3 Å². The summed E-state index contributed by atoms with van der Waals surface area (Å²) in [7, 11) is 0. The van der Waals surface area contributed by atoms with Crippen LogP contribution in [0.25, 0.3) is 0 Å². The number of carbonyl (C=O) groups is 2. The summed E-state index contributed by atoms with van der Waals surface area (Å²) < 4.78 is 0. The first-order valence-corrected chi connectivity index (χ1v) is 8.86. The maximum absolute atomic E-state index is 12.9. The van der Waals surface area contributed by atoms with Gasteiger partial charge in [0.05, 0.1) is 18.2 Å². The molecular formula is C20H19ClN2O2. The molecule has 1 unspecified atom stereocenters. The van der Waals surface area contributed by atoms with Crippen LogP contribution in [0.5, 0.6) is 0 Å². The molecule has 0 saturated carbocycles. The number of benzene rings is 2. The molecule has 1 saturated heterocycles. The molecule has 2 aliphatic heterocycles. The first kappa shape index (κ1) is 16.3. The summed E-state index contributed by atoms with van der Waals surface area (Å²) in [6.45, 7) is 3.40. The first-order chi connectivity index (χ1) is 12.0. The van der Waals surface area contributed by atoms with Gasteiger partial charge in [-0.05, 0) is 42.2 Å². The minimum atomic E-state index is -0.388. The van der Waals surface area contributed by atoms with Crippen molar-refractivity contribution in [2.24, 2.45) is 0 Å². The second-order valence-corrected chi connectivity index (χ2v) is 7.12. The molecule has 1 fully saturated rings. The summed E-state index contributed by atoms with van der Waals surface area (Å²) in [5.41, 5.74) is 4.06. The predicted octanol–water partition coefficient (Wildman–Crippen LogP) is 3.34. The Morgan fingerprint density at radius 3 is 2.60 bits per heavy atom. The molecule has 2 aromatic carbocycles. The van der Waals surface area contributed by atoms with Gasteiger partial charge in [0, 0.05) is 18.1 Å². The predicted molar refractivity (Wildman–Crippen MR) is 97.6 cm³/mol. The zero-order chi connectivity index (χ0) is 17.6. The zero-order valence-electron chi connectivity index (χ0n) is 14.0. The summed E-state index contributed by atoms with van der Waals surface area (Å²) in [6.07, 6.45) is 1.14. The fourth-order valence-corrected chi connectivity index (χ4v) is 3.85. The van der Waals surface area contributed by atoms with Gasteiger partial charge in [-0.25, -0.2) is 4.90 Å². The Labute approximate surface area is 152 Å². The van der Waals surface area contributed by atoms with E-state index in [9.17, 15) is 9.59 Å². The van der Waals surface area contributed by atoms with Crippen molar-refractivity contribution in [2.75, 3.05) is 11.4 Å². The van der Waals surface area contributed by atoms with Crippen molar-refractivity contribution in [3.05, 3.63) is 64.2 Å². The summed E-state index contributed by atoms with van der Waals surface area (Å²) in [5.74, 6) is -0.307. The Bertz CT molecular complexity index is 865. The number of carbonyl (C=O) groups excluding carboxylic acids is 2. The van der Waals surface area contributed by atoms with Gasteiger partial charge in [0.2, 0.25) is 5.91 Å². The van der Waals surface area contributed by atoms with E-state index < -0.39 is 0 Å². The topological polar surface area (TPSA) is 40.6 Å². The second-order valence-electron chi connectivity index (χ2n) is 6.71. The Morgan fingerprint density at radius 2 is 1.84 bits per heavy atom. The first-order valence-electron chi connectivity index (χ1n) is 8.48. The van der Waals surface area contributed by atoms with Gasteiger partial charge in [0.25, 0.3) is 5.91 Å². The van der Waals surface area contributed by atoms with E-state index in [0.29, 0.717) is 17.3 Å². The maximum Gasteiger partial charge on any atom is 0.251 e. The molecule has 2 aliphatic rings. The van der Waals surface area contributed by atoms with Gasteiger partial charge in [-0.3, -0.25) is 14.5 Å². The van der Waals surface area contributed by atoms with E-state index in [-0.39, 0.29) is 24.3 Å². The highest BCUT2D eigenvalue weighted by Gasteiger charge is 2.43. The van der Waals surface area contributed by atoms with Crippen molar-refractivity contribution in [3.63, 3.8) is 0 Å². The lowest BCUT2D eigenvalue weighted by Gasteiger charge is -2.32. The van der Waals surface area contributed by atoms with Crippen LogP contribution < -0.4 is 4.90 Å². The number of halogens is 1. The van der Waals surface area contributed by atoms with Gasteiger partial charge < -0.3 is 0 Å². The number of amides is 2. The van der Waals surface area contributed by atoms with Crippen LogP contribution >= 0.6 is 11.6 Å². The number of imide groups is 1. The van der Waals surface area contributed by atoms with Crippen LogP contribution in [0.15, 0.2) is 42.5 Å². The standard InChI is InChI=1S/C20H19ClN2O2/c1-13-6-7-16(10-17(13)21)23-19(24)11-18(20(23)25)22-9-8-14-4-2-3-5-15(14)12-22/h2-7,10,18H,8-9,11-12H2,1H3. The largest absolute Gasteiger partial charge is 0.287 e. The third-order valence-electron chi connectivity index (χ3n) is 5.14. The van der Waals surface area contributed by atoms with Gasteiger partial charge in [-0.2, -0.15) is 0 Å². The van der Waals surface area contributed by atoms with E-state index >= 15 is 0 Å². The third kappa shape index (κ3) is 2.86. The minimum absolute atomic E-state index is 0.149. The number of aryl methyl sites for hydroxylation is 1. The highest BCUT2D eigenvalue weighted by atomic mass is 35.5. The average Bonchev–Trinajstić information content (AvgIpc) is 2.91. The van der Waals surface area contributed by atoms with E-state index in [0.717, 1.165) is 18.5 Å². The van der Waals surface area contributed by atoms with Gasteiger partial charge in [-0.1, -0.05) is 41.9 Å². The van der Waals surface area contributed by atoms with Crippen molar-refractivity contribution in [2.45, 2.75) is 32.4 Å². The van der Waals surface area contributed by atoms with Gasteiger partial charge in [-0.15, -0.1) is 0 Å². The van der Waals surface area contributed by atoms with Crippen LogP contribution in [0, 0.1) is 6.92 Å². The summed E-state index contributed by atoms with van der Waals surface area (Å²) in [6, 6.07) is 13.2. The Morgan fingerprint density at radius 1 is 1.08 bits per heavy atom. The number of hydrogen-bond acceptors (Lipinski definition) is 3. The van der Waals surface area contributed by atoms with Crippen LogP contribution in [0.1, 0.15) is 23.1 Å². The number of hydrogen-bond donors (Lipinski definition) is 0. The summed E-state index contributed by atoms with van der Waals surface area (Å²) >= 11 is 6.17. The Kier molecular flexibility index (Phi) is 4.10. The summed E-state index contributed by atoms with van der Waals surface area (Å²) in [5, 5.41) is 0.563. The monoisotopic (exact) mass is 354 g/mol. The molecule has 1 atom stereocenters. The number of fused-ring (bicyclic) bond motifs is 1. The molecule has 25 heavy (non-hydrogen) atoms. The van der Waals surface area contributed by atoms with Crippen LogP contribution in [0.4, 0.5) is 5.69 Å². The molecule has 128 valence electrons. The molecule has 0 aromatic heterocycles. The molecule has 0 bridgehead atoms. The van der Waals surface area contributed by atoms with Crippen molar-refractivity contribution in [3.8, 4) is 0 Å². The van der Waals surface area contributed by atoms with Crippen LogP contribution in [-0.2, 0) is 22.6 Å². The molecule has 0 aliphatic carbocycles. The molecule has 5 heteroatoms. The highest BCUT2D eigenvalue weighted by molar-refractivity contribution is 6.32. The number of anilines is 1. The minimum Gasteiger partial charge on any atom is -0.287 e. The molecular weight excluding hydrogens is 336 g/mol. The van der Waals surface area contributed by atoms with Crippen molar-refractivity contribution in [1.82, 2.24) is 4.90 Å². The molecule has 2 amide bonds. The molecule has 4 rings (SSSR count). The average molecular weight is 355 g/mol. The highest BCUT2D eigenvalue weighted by Crippen LogP contribution is 2.31. The van der Waals surface area contributed by atoms with Crippen molar-refractivity contribution in [1.29, 1.82) is 0 Å². The fourth-order valence-electron chi connectivity index (χ4n) is 3.68. The van der Waals surface area contributed by atoms with Crippen molar-refractivity contribution < 1.29 is 9.59 Å². The van der Waals surface area contributed by atoms with E-state index in [2.05, 4.69) is 17.0 Å². The molecule has 0 radical (unpaired) electrons. The van der Waals surface area contributed by atoms with Crippen LogP contribution in [0.3, 0.4) is 0 Å². The van der Waals surface area contributed by atoms with Gasteiger partial charge in [0.1, 0.15) is 0 Å². The fraction of sp³-hybridized carbons (Fsp3) is 0.300. The second kappa shape index (κ2) is 6.28.